The first-order valence-corrected chi connectivity index (χ1v) is 10.5. The molecule has 4 N–H and O–H groups in total. The molecule has 0 heterocycles. The number of carbonyl (C=O) groups excluding carboxylic acids is 2. The van der Waals surface area contributed by atoms with Gasteiger partial charge in [-0.05, 0) is 54.6 Å². The Morgan fingerprint density at radius 2 is 0.889 bits per heavy atom. The van der Waals surface area contributed by atoms with Gasteiger partial charge in [0.05, 0.1) is 21.2 Å². The van der Waals surface area contributed by atoms with Crippen molar-refractivity contribution in [3.8, 4) is 0 Å². The van der Waals surface area contributed by atoms with E-state index in [1.807, 2.05) is 0 Å². The van der Waals surface area contributed by atoms with Gasteiger partial charge < -0.3 is 21.3 Å². The molecule has 14 heteroatoms. The minimum Gasteiger partial charge on any atom is -0.308 e. The third-order valence-corrected chi connectivity index (χ3v) is 5.10. The molecule has 0 saturated heterocycles. The third kappa shape index (κ3) is 7.18. The molecule has 6 nitrogen and oxygen atoms in total. The number of urea groups is 2. The summed E-state index contributed by atoms with van der Waals surface area (Å²) in [6.45, 7) is 0. The van der Waals surface area contributed by atoms with Crippen LogP contribution in [0.3, 0.4) is 0 Å². The Kier molecular flexibility index (Phi) is 7.89. The molecule has 0 bridgehead atoms. The number of hydrogen-bond donors (Lipinski definition) is 4. The van der Waals surface area contributed by atoms with Gasteiger partial charge in [-0.3, -0.25) is 0 Å². The smallest absolute Gasteiger partial charge is 0.308 e. The third-order valence-electron chi connectivity index (χ3n) is 4.44. The highest BCUT2D eigenvalue weighted by atomic mass is 35.5. The summed E-state index contributed by atoms with van der Waals surface area (Å²) in [5, 5.41) is 8.17. The van der Waals surface area contributed by atoms with Crippen LogP contribution < -0.4 is 21.3 Å². The summed E-state index contributed by atoms with van der Waals surface area (Å²) >= 11 is 11.1. The fourth-order valence-electron chi connectivity index (χ4n) is 2.90. The summed E-state index contributed by atoms with van der Waals surface area (Å²) < 4.78 is 77.9. The molecule has 0 aliphatic carbocycles. The molecule has 0 spiro atoms. The minimum atomic E-state index is -4.72. The minimum absolute atomic E-state index is 0.154. The van der Waals surface area contributed by atoms with Crippen molar-refractivity contribution in [1.82, 2.24) is 0 Å². The van der Waals surface area contributed by atoms with Crippen molar-refractivity contribution in [2.75, 3.05) is 21.3 Å². The molecular formula is C22H14Cl2F6N4O2. The fourth-order valence-corrected chi connectivity index (χ4v) is 3.35. The van der Waals surface area contributed by atoms with Gasteiger partial charge in [0.2, 0.25) is 0 Å². The molecule has 3 aromatic rings. The predicted octanol–water partition coefficient (Wildman–Crippen LogP) is 8.32. The van der Waals surface area contributed by atoms with Crippen molar-refractivity contribution >= 4 is 58.0 Å². The topological polar surface area (TPSA) is 82.3 Å². The van der Waals surface area contributed by atoms with Gasteiger partial charge in [0.1, 0.15) is 0 Å². The Balaban J connectivity index is 1.64. The zero-order valence-corrected chi connectivity index (χ0v) is 19.1. The molecule has 0 aromatic heterocycles. The van der Waals surface area contributed by atoms with Gasteiger partial charge in [0, 0.05) is 22.7 Å². The van der Waals surface area contributed by atoms with E-state index in [9.17, 15) is 35.9 Å². The molecule has 0 unspecified atom stereocenters. The number of carbonyl (C=O) groups is 2. The summed E-state index contributed by atoms with van der Waals surface area (Å²) in [4.78, 5) is 24.4. The maximum atomic E-state index is 13.0. The average molecular weight is 551 g/mol. The average Bonchev–Trinajstić information content (AvgIpc) is 2.75. The molecule has 0 saturated carbocycles. The molecule has 0 aliphatic rings. The van der Waals surface area contributed by atoms with Crippen LogP contribution in [0.5, 0.6) is 0 Å². The van der Waals surface area contributed by atoms with Crippen molar-refractivity contribution in [2.24, 2.45) is 0 Å². The summed E-state index contributed by atoms with van der Waals surface area (Å²) in [5.74, 6) is 0. The van der Waals surface area contributed by atoms with Gasteiger partial charge in [-0.15, -0.1) is 0 Å². The first-order chi connectivity index (χ1) is 16.7. The van der Waals surface area contributed by atoms with E-state index < -0.39 is 45.6 Å². The number of amides is 4. The number of hydrogen-bond acceptors (Lipinski definition) is 2. The predicted molar refractivity (Wildman–Crippen MR) is 125 cm³/mol. The van der Waals surface area contributed by atoms with E-state index in [0.717, 1.165) is 12.1 Å². The van der Waals surface area contributed by atoms with E-state index in [-0.39, 0.29) is 22.7 Å². The second kappa shape index (κ2) is 10.5. The number of halogens is 8. The van der Waals surface area contributed by atoms with Crippen molar-refractivity contribution in [3.05, 3.63) is 81.8 Å². The zero-order chi connectivity index (χ0) is 26.7. The number of alkyl halides is 6. The number of benzene rings is 3. The van der Waals surface area contributed by atoms with Crippen LogP contribution in [-0.4, -0.2) is 12.1 Å². The van der Waals surface area contributed by atoms with E-state index in [1.54, 1.807) is 0 Å². The molecule has 3 aromatic carbocycles. The van der Waals surface area contributed by atoms with Crippen molar-refractivity contribution in [3.63, 3.8) is 0 Å². The zero-order valence-electron chi connectivity index (χ0n) is 17.6. The maximum Gasteiger partial charge on any atom is 0.417 e. The second-order valence-electron chi connectivity index (χ2n) is 7.12. The van der Waals surface area contributed by atoms with Gasteiger partial charge in [0.25, 0.3) is 0 Å². The molecule has 0 fully saturated rings. The van der Waals surface area contributed by atoms with Crippen molar-refractivity contribution in [2.45, 2.75) is 12.4 Å². The van der Waals surface area contributed by atoms with Crippen molar-refractivity contribution < 1.29 is 35.9 Å². The molecule has 3 rings (SSSR count). The number of nitrogens with one attached hydrogen (secondary N) is 4. The Labute approximate surface area is 209 Å². The monoisotopic (exact) mass is 550 g/mol. The van der Waals surface area contributed by atoms with Crippen LogP contribution in [0, 0.1) is 0 Å². The van der Waals surface area contributed by atoms with E-state index in [0.29, 0.717) is 12.1 Å². The van der Waals surface area contributed by atoms with Crippen LogP contribution in [0.2, 0.25) is 10.0 Å². The Hall–Kier alpha value is -3.64. The fraction of sp³-hybridized carbons (Fsp3) is 0.0909. The second-order valence-corrected chi connectivity index (χ2v) is 7.94. The molecule has 190 valence electrons. The highest BCUT2D eigenvalue weighted by Crippen LogP contribution is 2.37. The molecule has 36 heavy (non-hydrogen) atoms. The highest BCUT2D eigenvalue weighted by molar-refractivity contribution is 6.32. The lowest BCUT2D eigenvalue weighted by Crippen LogP contribution is -2.21. The number of anilines is 4. The van der Waals surface area contributed by atoms with Crippen LogP contribution in [-0.2, 0) is 12.4 Å². The van der Waals surface area contributed by atoms with Gasteiger partial charge in [-0.25, -0.2) is 9.59 Å². The SMILES string of the molecule is O=C(Nc1cccc(NC(=O)Nc2ccc(Cl)c(C(F)(F)F)c2)c1)Nc1ccc(Cl)c(C(F)(F)F)c1. The molecule has 0 aliphatic heterocycles. The van der Waals surface area contributed by atoms with Crippen LogP contribution in [0.1, 0.15) is 11.1 Å². The van der Waals surface area contributed by atoms with E-state index >= 15 is 0 Å². The Morgan fingerprint density at radius 3 is 1.22 bits per heavy atom. The van der Waals surface area contributed by atoms with E-state index in [2.05, 4.69) is 21.3 Å². The normalized spacial score (nSPS) is 11.6. The van der Waals surface area contributed by atoms with Crippen LogP contribution >= 0.6 is 23.2 Å². The van der Waals surface area contributed by atoms with E-state index in [4.69, 9.17) is 23.2 Å². The van der Waals surface area contributed by atoms with E-state index in [1.165, 1.54) is 36.4 Å². The lowest BCUT2D eigenvalue weighted by Gasteiger charge is -2.13. The van der Waals surface area contributed by atoms with Gasteiger partial charge in [-0.1, -0.05) is 29.3 Å². The Morgan fingerprint density at radius 1 is 0.556 bits per heavy atom. The lowest BCUT2D eigenvalue weighted by atomic mass is 10.2. The van der Waals surface area contributed by atoms with Crippen LogP contribution in [0.25, 0.3) is 0 Å². The largest absolute Gasteiger partial charge is 0.417 e. The van der Waals surface area contributed by atoms with Gasteiger partial charge in [0.15, 0.2) is 0 Å². The summed E-state index contributed by atoms with van der Waals surface area (Å²) in [5.41, 5.74) is -2.27. The van der Waals surface area contributed by atoms with Gasteiger partial charge in [-0.2, -0.15) is 26.3 Å². The molecule has 0 atom stereocenters. The van der Waals surface area contributed by atoms with Crippen molar-refractivity contribution in [1.29, 1.82) is 0 Å². The summed E-state index contributed by atoms with van der Waals surface area (Å²) in [6, 6.07) is 9.53. The Bertz CT molecular complexity index is 1200. The van der Waals surface area contributed by atoms with Crippen LogP contribution in [0.15, 0.2) is 60.7 Å². The first-order valence-electron chi connectivity index (χ1n) is 9.72. The number of rotatable bonds is 4. The standard InChI is InChI=1S/C22H14Cl2F6N4O2/c23-17-6-4-13(9-15(17)21(25,26)27)33-19(35)31-11-2-1-3-12(8-11)32-20(36)34-14-5-7-18(24)16(10-14)22(28,29)30/h1-10H,(H2,31,33,35)(H2,32,34,36). The quantitative estimate of drug-likeness (QED) is 0.246. The summed E-state index contributed by atoms with van der Waals surface area (Å²) in [6.07, 6.45) is -9.43. The maximum absolute atomic E-state index is 13.0. The first kappa shape index (κ1) is 27.0. The van der Waals surface area contributed by atoms with Gasteiger partial charge >= 0.3 is 24.4 Å². The highest BCUT2D eigenvalue weighted by Gasteiger charge is 2.34. The molecule has 0 radical (unpaired) electrons. The molecular weight excluding hydrogens is 537 g/mol. The summed E-state index contributed by atoms with van der Waals surface area (Å²) in [7, 11) is 0. The van der Waals surface area contributed by atoms with Crippen LogP contribution in [0.4, 0.5) is 58.7 Å². The molecule has 4 amide bonds. The lowest BCUT2D eigenvalue weighted by molar-refractivity contribution is -0.138.